The van der Waals surface area contributed by atoms with Crippen LogP contribution in [0.4, 0.5) is 5.82 Å². The Bertz CT molecular complexity index is 424. The minimum Gasteiger partial charge on any atom is -0.355 e. The first-order valence-electron chi connectivity index (χ1n) is 7.99. The molecule has 1 fully saturated rings. The fourth-order valence-corrected chi connectivity index (χ4v) is 2.73. The third-order valence-corrected chi connectivity index (χ3v) is 4.05. The van der Waals surface area contributed by atoms with Crippen LogP contribution < -0.4 is 10.2 Å². The van der Waals surface area contributed by atoms with Crippen LogP contribution in [0.2, 0.25) is 0 Å². The first kappa shape index (κ1) is 16.2. The van der Waals surface area contributed by atoms with E-state index in [-0.39, 0.29) is 0 Å². The van der Waals surface area contributed by atoms with Crippen LogP contribution in [0.3, 0.4) is 0 Å². The van der Waals surface area contributed by atoms with Crippen molar-refractivity contribution in [2.75, 3.05) is 38.6 Å². The number of hydrogen-bond acceptors (Lipinski definition) is 5. The first-order valence-corrected chi connectivity index (χ1v) is 7.99. The van der Waals surface area contributed by atoms with Crippen molar-refractivity contribution >= 4 is 5.82 Å². The lowest BCUT2D eigenvalue weighted by atomic mass is 10.0. The second-order valence-electron chi connectivity index (χ2n) is 6.58. The van der Waals surface area contributed by atoms with E-state index in [0.29, 0.717) is 12.0 Å². The summed E-state index contributed by atoms with van der Waals surface area (Å²) in [4.78, 5) is 13.8. The summed E-state index contributed by atoms with van der Waals surface area (Å²) in [5.41, 5.74) is 1.03. The van der Waals surface area contributed by atoms with Crippen LogP contribution in [0.1, 0.15) is 32.4 Å². The van der Waals surface area contributed by atoms with Gasteiger partial charge in [0.2, 0.25) is 0 Å². The van der Waals surface area contributed by atoms with Gasteiger partial charge in [-0.25, -0.2) is 4.98 Å². The maximum Gasteiger partial charge on any atom is 0.147 e. The molecule has 0 aliphatic carbocycles. The van der Waals surface area contributed by atoms with Crippen molar-refractivity contribution < 1.29 is 0 Å². The average Bonchev–Trinajstić information content (AvgIpc) is 2.47. The summed E-state index contributed by atoms with van der Waals surface area (Å²) in [5, 5.41) is 3.43. The Balaban J connectivity index is 1.89. The molecule has 5 nitrogen and oxygen atoms in total. The quantitative estimate of drug-likeness (QED) is 0.865. The van der Waals surface area contributed by atoms with E-state index in [1.807, 2.05) is 12.4 Å². The van der Waals surface area contributed by atoms with Crippen molar-refractivity contribution in [3.8, 4) is 0 Å². The maximum atomic E-state index is 4.75. The van der Waals surface area contributed by atoms with Crippen LogP contribution in [0.5, 0.6) is 0 Å². The summed E-state index contributed by atoms with van der Waals surface area (Å²) < 4.78 is 0. The zero-order valence-electron chi connectivity index (χ0n) is 13.8. The number of anilines is 1. The summed E-state index contributed by atoms with van der Waals surface area (Å²) in [5.74, 6) is 1.68. The van der Waals surface area contributed by atoms with Crippen LogP contribution in [0.25, 0.3) is 0 Å². The van der Waals surface area contributed by atoms with Crippen molar-refractivity contribution in [3.05, 3.63) is 18.1 Å². The van der Waals surface area contributed by atoms with E-state index < -0.39 is 0 Å². The van der Waals surface area contributed by atoms with Gasteiger partial charge in [-0.3, -0.25) is 4.98 Å². The van der Waals surface area contributed by atoms with Gasteiger partial charge in [-0.05, 0) is 39.4 Å². The fraction of sp³-hybridized carbons (Fsp3) is 0.750. The molecule has 0 amide bonds. The molecule has 0 bridgehead atoms. The van der Waals surface area contributed by atoms with Crippen LogP contribution in [0.15, 0.2) is 12.4 Å². The van der Waals surface area contributed by atoms with Gasteiger partial charge >= 0.3 is 0 Å². The number of nitrogens with one attached hydrogen (secondary N) is 1. The van der Waals surface area contributed by atoms with Gasteiger partial charge in [0.15, 0.2) is 0 Å². The minimum atomic E-state index is 0.659. The van der Waals surface area contributed by atoms with Crippen LogP contribution >= 0.6 is 0 Å². The lowest BCUT2D eigenvalue weighted by molar-refractivity contribution is 0.249. The van der Waals surface area contributed by atoms with Crippen molar-refractivity contribution in [3.63, 3.8) is 0 Å². The Kier molecular flexibility index (Phi) is 5.94. The smallest absolute Gasteiger partial charge is 0.147 e. The van der Waals surface area contributed by atoms with Crippen LogP contribution in [-0.2, 0) is 6.54 Å². The van der Waals surface area contributed by atoms with Gasteiger partial charge in [-0.2, -0.15) is 0 Å². The third-order valence-electron chi connectivity index (χ3n) is 4.05. The molecule has 0 radical (unpaired) electrons. The van der Waals surface area contributed by atoms with E-state index in [1.54, 1.807) is 0 Å². The number of rotatable bonds is 6. The topological polar surface area (TPSA) is 44.3 Å². The molecule has 1 aliphatic rings. The molecule has 0 saturated carbocycles. The number of hydrogen-bond donors (Lipinski definition) is 1. The Morgan fingerprint density at radius 1 is 1.29 bits per heavy atom. The third kappa shape index (κ3) is 4.93. The Labute approximate surface area is 128 Å². The zero-order chi connectivity index (χ0) is 15.2. The molecular formula is C16H29N5. The summed E-state index contributed by atoms with van der Waals surface area (Å²) in [6, 6.07) is 0.699. The van der Waals surface area contributed by atoms with Crippen molar-refractivity contribution in [1.29, 1.82) is 0 Å². The second-order valence-corrected chi connectivity index (χ2v) is 6.58. The highest BCUT2D eigenvalue weighted by molar-refractivity contribution is 5.37. The molecule has 118 valence electrons. The normalized spacial score (nSPS) is 17.0. The molecule has 5 heteroatoms. The van der Waals surface area contributed by atoms with E-state index in [1.165, 1.54) is 12.8 Å². The van der Waals surface area contributed by atoms with Gasteiger partial charge in [0.25, 0.3) is 0 Å². The summed E-state index contributed by atoms with van der Waals surface area (Å²) in [7, 11) is 4.34. The first-order chi connectivity index (χ1) is 10.1. The molecule has 0 spiro atoms. The standard InChI is InChI=1S/C16H29N5/c1-13(2)9-17-10-14-11-18-12-16(19-14)21-7-5-15(6-8-21)20(3)4/h11-13,15,17H,5-10H2,1-4H3. The molecule has 1 saturated heterocycles. The highest BCUT2D eigenvalue weighted by atomic mass is 15.2. The Morgan fingerprint density at radius 3 is 2.62 bits per heavy atom. The molecule has 1 N–H and O–H groups in total. The monoisotopic (exact) mass is 291 g/mol. The highest BCUT2D eigenvalue weighted by Gasteiger charge is 2.21. The van der Waals surface area contributed by atoms with Gasteiger partial charge in [0, 0.05) is 31.9 Å². The van der Waals surface area contributed by atoms with Gasteiger partial charge in [0.05, 0.1) is 11.9 Å². The number of nitrogens with zero attached hydrogens (tertiary/aromatic N) is 4. The number of piperidine rings is 1. The largest absolute Gasteiger partial charge is 0.355 e. The molecule has 0 aromatic carbocycles. The molecule has 2 rings (SSSR count). The molecular weight excluding hydrogens is 262 g/mol. The minimum absolute atomic E-state index is 0.659. The van der Waals surface area contributed by atoms with E-state index in [0.717, 1.165) is 37.7 Å². The second kappa shape index (κ2) is 7.71. The highest BCUT2D eigenvalue weighted by Crippen LogP contribution is 2.19. The lowest BCUT2D eigenvalue weighted by Crippen LogP contribution is -2.42. The molecule has 0 atom stereocenters. The maximum absolute atomic E-state index is 4.75. The zero-order valence-corrected chi connectivity index (χ0v) is 13.8. The summed E-state index contributed by atoms with van der Waals surface area (Å²) >= 11 is 0. The van der Waals surface area contributed by atoms with Gasteiger partial charge in [0.1, 0.15) is 5.82 Å². The van der Waals surface area contributed by atoms with Crippen molar-refractivity contribution in [2.45, 2.75) is 39.3 Å². The average molecular weight is 291 g/mol. The van der Waals surface area contributed by atoms with E-state index in [2.05, 4.69) is 48.0 Å². The summed E-state index contributed by atoms with van der Waals surface area (Å²) in [6.45, 7) is 8.38. The lowest BCUT2D eigenvalue weighted by Gasteiger charge is -2.35. The van der Waals surface area contributed by atoms with Crippen LogP contribution in [0, 0.1) is 5.92 Å². The predicted octanol–water partition coefficient (Wildman–Crippen LogP) is 1.75. The van der Waals surface area contributed by atoms with Crippen molar-refractivity contribution in [2.24, 2.45) is 5.92 Å². The molecule has 1 aliphatic heterocycles. The number of aromatic nitrogens is 2. The Morgan fingerprint density at radius 2 is 2.00 bits per heavy atom. The van der Waals surface area contributed by atoms with Crippen molar-refractivity contribution in [1.82, 2.24) is 20.2 Å². The molecule has 1 aromatic rings. The van der Waals surface area contributed by atoms with Crippen LogP contribution in [-0.4, -0.2) is 54.6 Å². The van der Waals surface area contributed by atoms with Gasteiger partial charge in [-0.1, -0.05) is 13.8 Å². The molecule has 0 unspecified atom stereocenters. The predicted molar refractivity (Wildman–Crippen MR) is 87.5 cm³/mol. The summed E-state index contributed by atoms with van der Waals surface area (Å²) in [6.07, 6.45) is 6.15. The Hall–Kier alpha value is -1.20. The molecule has 2 heterocycles. The molecule has 21 heavy (non-hydrogen) atoms. The van der Waals surface area contributed by atoms with Gasteiger partial charge in [-0.15, -0.1) is 0 Å². The van der Waals surface area contributed by atoms with E-state index >= 15 is 0 Å². The van der Waals surface area contributed by atoms with E-state index in [4.69, 9.17) is 4.98 Å². The SMILES string of the molecule is CC(C)CNCc1cncc(N2CCC(N(C)C)CC2)n1. The molecule has 1 aromatic heterocycles. The fourth-order valence-electron chi connectivity index (χ4n) is 2.73. The van der Waals surface area contributed by atoms with Gasteiger partial charge < -0.3 is 15.1 Å². The van der Waals surface area contributed by atoms with E-state index in [9.17, 15) is 0 Å².